The second kappa shape index (κ2) is 5.40. The number of methoxy groups -OCH3 is 1. The maximum atomic E-state index is 11.2. The van der Waals surface area contributed by atoms with Crippen LogP contribution in [0, 0.1) is 6.92 Å². The number of carbonyl (C=O) groups excluding carboxylic acids is 1. The fourth-order valence-electron chi connectivity index (χ4n) is 2.06. The summed E-state index contributed by atoms with van der Waals surface area (Å²) in [5, 5.41) is 0. The van der Waals surface area contributed by atoms with E-state index < -0.39 is 0 Å². The molecule has 1 aromatic carbocycles. The fourth-order valence-corrected chi connectivity index (χ4v) is 2.27. The van der Waals surface area contributed by atoms with Gasteiger partial charge in [-0.3, -0.25) is 4.79 Å². The standard InChI is InChI=1S/C13H15ClN2O2/c1-9-4-3-5-10-13(9)16(11(8-14)15-10)7-6-12(17)18-2/h3-5H,6-8H2,1-2H3. The quantitative estimate of drug-likeness (QED) is 0.631. The number of benzene rings is 1. The van der Waals surface area contributed by atoms with E-state index in [2.05, 4.69) is 9.72 Å². The molecule has 0 saturated carbocycles. The zero-order chi connectivity index (χ0) is 13.1. The Morgan fingerprint density at radius 3 is 2.94 bits per heavy atom. The first-order valence-electron chi connectivity index (χ1n) is 5.75. The first-order valence-corrected chi connectivity index (χ1v) is 6.28. The van der Waals surface area contributed by atoms with Gasteiger partial charge in [-0.15, -0.1) is 11.6 Å². The number of nitrogens with zero attached hydrogens (tertiary/aromatic N) is 2. The van der Waals surface area contributed by atoms with E-state index in [-0.39, 0.29) is 5.97 Å². The molecule has 0 aliphatic heterocycles. The van der Waals surface area contributed by atoms with Crippen LogP contribution in [-0.2, 0) is 22.0 Å². The summed E-state index contributed by atoms with van der Waals surface area (Å²) in [6.45, 7) is 2.56. The van der Waals surface area contributed by atoms with Gasteiger partial charge in [0.1, 0.15) is 5.82 Å². The molecule has 96 valence electrons. The Hall–Kier alpha value is -1.55. The molecular weight excluding hydrogens is 252 g/mol. The highest BCUT2D eigenvalue weighted by atomic mass is 35.5. The van der Waals surface area contributed by atoms with Crippen molar-refractivity contribution in [3.63, 3.8) is 0 Å². The van der Waals surface area contributed by atoms with Crippen LogP contribution in [-0.4, -0.2) is 22.6 Å². The van der Waals surface area contributed by atoms with Gasteiger partial charge in [0.15, 0.2) is 0 Å². The summed E-state index contributed by atoms with van der Waals surface area (Å²) in [5.41, 5.74) is 3.08. The number of fused-ring (bicyclic) bond motifs is 1. The monoisotopic (exact) mass is 266 g/mol. The van der Waals surface area contributed by atoms with E-state index in [1.54, 1.807) is 0 Å². The average molecular weight is 267 g/mol. The molecule has 5 heteroatoms. The van der Waals surface area contributed by atoms with Crippen molar-refractivity contribution in [3.8, 4) is 0 Å². The number of carbonyl (C=O) groups is 1. The first kappa shape index (κ1) is 12.9. The summed E-state index contributed by atoms with van der Waals surface area (Å²) in [6.07, 6.45) is 0.320. The van der Waals surface area contributed by atoms with Gasteiger partial charge in [-0.2, -0.15) is 0 Å². The second-order valence-corrected chi connectivity index (χ2v) is 4.35. The number of hydrogen-bond acceptors (Lipinski definition) is 3. The zero-order valence-corrected chi connectivity index (χ0v) is 11.2. The van der Waals surface area contributed by atoms with Gasteiger partial charge in [0.2, 0.25) is 0 Å². The number of aromatic nitrogens is 2. The minimum absolute atomic E-state index is 0.231. The number of alkyl halides is 1. The first-order chi connectivity index (χ1) is 8.67. The largest absolute Gasteiger partial charge is 0.469 e. The molecule has 0 fully saturated rings. The highest BCUT2D eigenvalue weighted by Crippen LogP contribution is 2.21. The Kier molecular flexibility index (Phi) is 3.87. The summed E-state index contributed by atoms with van der Waals surface area (Å²) in [6, 6.07) is 5.94. The van der Waals surface area contributed by atoms with Gasteiger partial charge in [-0.05, 0) is 18.6 Å². The summed E-state index contributed by atoms with van der Waals surface area (Å²) >= 11 is 5.91. The van der Waals surface area contributed by atoms with Gasteiger partial charge in [0.05, 0.1) is 30.4 Å². The molecule has 0 amide bonds. The molecule has 0 bridgehead atoms. The molecule has 0 radical (unpaired) electrons. The molecule has 1 heterocycles. The van der Waals surface area contributed by atoms with E-state index in [1.807, 2.05) is 29.7 Å². The molecule has 0 atom stereocenters. The minimum Gasteiger partial charge on any atom is -0.469 e. The van der Waals surface area contributed by atoms with E-state index >= 15 is 0 Å². The van der Waals surface area contributed by atoms with Crippen molar-refractivity contribution in [2.45, 2.75) is 25.8 Å². The normalized spacial score (nSPS) is 10.8. The van der Waals surface area contributed by atoms with Gasteiger partial charge in [0.25, 0.3) is 0 Å². The van der Waals surface area contributed by atoms with Crippen molar-refractivity contribution in [2.24, 2.45) is 0 Å². The molecule has 2 rings (SSSR count). The maximum Gasteiger partial charge on any atom is 0.307 e. The van der Waals surface area contributed by atoms with Gasteiger partial charge in [-0.1, -0.05) is 12.1 Å². The van der Waals surface area contributed by atoms with Crippen molar-refractivity contribution >= 4 is 28.6 Å². The number of para-hydroxylation sites is 1. The lowest BCUT2D eigenvalue weighted by atomic mass is 10.2. The smallest absolute Gasteiger partial charge is 0.307 e. The van der Waals surface area contributed by atoms with Gasteiger partial charge >= 0.3 is 5.97 Å². The van der Waals surface area contributed by atoms with E-state index in [9.17, 15) is 4.79 Å². The zero-order valence-electron chi connectivity index (χ0n) is 10.4. The van der Waals surface area contributed by atoms with E-state index in [0.717, 1.165) is 22.4 Å². The summed E-state index contributed by atoms with van der Waals surface area (Å²) in [5.74, 6) is 0.880. The van der Waals surface area contributed by atoms with Crippen molar-refractivity contribution in [3.05, 3.63) is 29.6 Å². The number of rotatable bonds is 4. The van der Waals surface area contributed by atoms with Crippen LogP contribution in [0.5, 0.6) is 0 Å². The van der Waals surface area contributed by atoms with Crippen LogP contribution in [0.3, 0.4) is 0 Å². The molecule has 0 aliphatic rings. The molecule has 18 heavy (non-hydrogen) atoms. The number of esters is 1. The Bertz CT molecular complexity index is 578. The Labute approximate surface area is 111 Å². The van der Waals surface area contributed by atoms with Gasteiger partial charge in [-0.25, -0.2) is 4.98 Å². The third-order valence-electron chi connectivity index (χ3n) is 2.93. The predicted molar refractivity (Wildman–Crippen MR) is 70.7 cm³/mol. The fraction of sp³-hybridized carbons (Fsp3) is 0.385. The van der Waals surface area contributed by atoms with Gasteiger partial charge in [0, 0.05) is 6.54 Å². The van der Waals surface area contributed by atoms with Crippen molar-refractivity contribution in [1.29, 1.82) is 0 Å². The van der Waals surface area contributed by atoms with Crippen LogP contribution in [0.15, 0.2) is 18.2 Å². The molecule has 0 aliphatic carbocycles. The number of aryl methyl sites for hydroxylation is 2. The van der Waals surface area contributed by atoms with Crippen LogP contribution in [0.1, 0.15) is 17.8 Å². The molecular formula is C13H15ClN2O2. The molecule has 1 aromatic heterocycles. The lowest BCUT2D eigenvalue weighted by Gasteiger charge is -2.08. The molecule has 4 nitrogen and oxygen atoms in total. The summed E-state index contributed by atoms with van der Waals surface area (Å²) < 4.78 is 6.65. The Morgan fingerprint density at radius 1 is 1.50 bits per heavy atom. The predicted octanol–water partition coefficient (Wildman–Crippen LogP) is 2.65. The van der Waals surface area contributed by atoms with E-state index in [0.29, 0.717) is 18.8 Å². The van der Waals surface area contributed by atoms with Crippen LogP contribution in [0.4, 0.5) is 0 Å². The van der Waals surface area contributed by atoms with E-state index in [1.165, 1.54) is 7.11 Å². The molecule has 0 unspecified atom stereocenters. The number of halogens is 1. The number of imidazole rings is 1. The lowest BCUT2D eigenvalue weighted by Crippen LogP contribution is -2.09. The van der Waals surface area contributed by atoms with Crippen molar-refractivity contribution in [1.82, 2.24) is 9.55 Å². The second-order valence-electron chi connectivity index (χ2n) is 4.08. The van der Waals surface area contributed by atoms with E-state index in [4.69, 9.17) is 11.6 Å². The van der Waals surface area contributed by atoms with Gasteiger partial charge < -0.3 is 9.30 Å². The molecule has 0 N–H and O–H groups in total. The number of hydrogen-bond donors (Lipinski definition) is 0. The molecule has 0 saturated heterocycles. The Morgan fingerprint density at radius 2 is 2.28 bits per heavy atom. The molecule has 0 spiro atoms. The lowest BCUT2D eigenvalue weighted by molar-refractivity contribution is -0.140. The third-order valence-corrected chi connectivity index (χ3v) is 3.17. The summed E-state index contributed by atoms with van der Waals surface area (Å²) in [4.78, 5) is 15.7. The maximum absolute atomic E-state index is 11.2. The van der Waals surface area contributed by atoms with Crippen LogP contribution < -0.4 is 0 Å². The highest BCUT2D eigenvalue weighted by Gasteiger charge is 2.12. The van der Waals surface area contributed by atoms with Crippen molar-refractivity contribution < 1.29 is 9.53 Å². The highest BCUT2D eigenvalue weighted by molar-refractivity contribution is 6.16. The summed E-state index contributed by atoms with van der Waals surface area (Å²) in [7, 11) is 1.39. The van der Waals surface area contributed by atoms with Crippen LogP contribution in [0.2, 0.25) is 0 Å². The third kappa shape index (κ3) is 2.34. The topological polar surface area (TPSA) is 44.1 Å². The molecule has 2 aromatic rings. The van der Waals surface area contributed by atoms with Crippen molar-refractivity contribution in [2.75, 3.05) is 7.11 Å². The SMILES string of the molecule is COC(=O)CCn1c(CCl)nc2cccc(C)c21. The minimum atomic E-state index is -0.231. The van der Waals surface area contributed by atoms with Crippen LogP contribution >= 0.6 is 11.6 Å². The number of ether oxygens (including phenoxy) is 1. The average Bonchev–Trinajstić information content (AvgIpc) is 2.75. The Balaban J connectivity index is 2.43. The van der Waals surface area contributed by atoms with Crippen LogP contribution in [0.25, 0.3) is 11.0 Å².